The van der Waals surface area contributed by atoms with Crippen LogP contribution < -0.4 is 0 Å². The lowest BCUT2D eigenvalue weighted by Gasteiger charge is -2.29. The molecule has 0 aliphatic heterocycles. The van der Waals surface area contributed by atoms with E-state index in [1.54, 1.807) is 0 Å². The number of hydrogen-bond donors (Lipinski definition) is 0. The molecule has 41 heavy (non-hydrogen) atoms. The first kappa shape index (κ1) is 29.1. The van der Waals surface area contributed by atoms with Gasteiger partial charge in [-0.3, -0.25) is 4.79 Å². The van der Waals surface area contributed by atoms with Crippen molar-refractivity contribution >= 4 is 5.78 Å². The minimum absolute atomic E-state index is 0.0438. The van der Waals surface area contributed by atoms with E-state index >= 15 is 0 Å². The van der Waals surface area contributed by atoms with Crippen molar-refractivity contribution < 1.29 is 4.79 Å². The van der Waals surface area contributed by atoms with Gasteiger partial charge in [0.1, 0.15) is 0 Å². The van der Waals surface area contributed by atoms with Crippen LogP contribution in [-0.4, -0.2) is 5.78 Å². The number of carbonyl (C=O) groups excluding carboxylic acids is 1. The second-order valence-corrected chi connectivity index (χ2v) is 12.4. The number of benzene rings is 4. The van der Waals surface area contributed by atoms with E-state index in [-0.39, 0.29) is 11.7 Å². The van der Waals surface area contributed by atoms with Crippen molar-refractivity contribution in [3.63, 3.8) is 0 Å². The van der Waals surface area contributed by atoms with Crippen LogP contribution in [0.1, 0.15) is 115 Å². The zero-order chi connectivity index (χ0) is 28.6. The lowest BCUT2D eigenvalue weighted by molar-refractivity contribution is 0.0977. The van der Waals surface area contributed by atoms with E-state index in [9.17, 15) is 4.79 Å². The van der Waals surface area contributed by atoms with Gasteiger partial charge in [-0.05, 0) is 79.2 Å². The van der Waals surface area contributed by atoms with Crippen molar-refractivity contribution in [1.29, 1.82) is 0 Å². The second kappa shape index (κ2) is 13.9. The summed E-state index contributed by atoms with van der Waals surface area (Å²) in [6, 6.07) is 34.7. The van der Waals surface area contributed by atoms with E-state index in [0.29, 0.717) is 12.3 Å². The van der Waals surface area contributed by atoms with Crippen molar-refractivity contribution in [3.8, 4) is 11.1 Å². The average Bonchev–Trinajstić information content (AvgIpc) is 3.01. The van der Waals surface area contributed by atoms with Gasteiger partial charge in [0.2, 0.25) is 0 Å². The Labute approximate surface area is 248 Å². The molecule has 1 nitrogen and oxygen atoms in total. The van der Waals surface area contributed by atoms with Crippen LogP contribution in [0.3, 0.4) is 0 Å². The van der Waals surface area contributed by atoms with Gasteiger partial charge in [0.15, 0.2) is 5.78 Å². The number of unbranched alkanes of at least 4 members (excludes halogenated alkanes) is 2. The number of rotatable bonds is 11. The van der Waals surface area contributed by atoms with Gasteiger partial charge in [0.25, 0.3) is 0 Å². The molecule has 1 fully saturated rings. The van der Waals surface area contributed by atoms with E-state index in [0.717, 1.165) is 11.5 Å². The Kier molecular flexibility index (Phi) is 9.88. The third-order valence-electron chi connectivity index (χ3n) is 9.33. The van der Waals surface area contributed by atoms with Gasteiger partial charge in [-0.2, -0.15) is 0 Å². The fourth-order valence-electron chi connectivity index (χ4n) is 6.59. The van der Waals surface area contributed by atoms with Crippen LogP contribution >= 0.6 is 0 Å². The van der Waals surface area contributed by atoms with Crippen molar-refractivity contribution in [1.82, 2.24) is 0 Å². The number of aryl methyl sites for hydroxylation is 2. The monoisotopic (exact) mass is 542 g/mol. The van der Waals surface area contributed by atoms with Crippen LogP contribution in [0, 0.1) is 19.8 Å². The predicted molar refractivity (Wildman–Crippen MR) is 174 cm³/mol. The van der Waals surface area contributed by atoms with Crippen LogP contribution in [0.2, 0.25) is 0 Å². The summed E-state index contributed by atoms with van der Waals surface area (Å²) < 4.78 is 0. The van der Waals surface area contributed by atoms with Crippen LogP contribution in [0.4, 0.5) is 0 Å². The highest BCUT2D eigenvalue weighted by Crippen LogP contribution is 2.38. The highest BCUT2D eigenvalue weighted by Gasteiger charge is 2.22. The standard InChI is InChI=1S/C40H46O/c1-4-5-6-7-31-12-18-32(19-13-31)33-20-22-34(23-21-33)35-24-26-38(27-25-35)40(41)28-39(36-14-8-29(2)9-15-36)37-16-10-30(3)11-17-37/h8-11,14-17,20-27,31-32,39H,4-7,12-13,18-19,28H2,1-3H3. The van der Waals surface area contributed by atoms with Crippen molar-refractivity contribution in [2.45, 2.75) is 90.4 Å². The zero-order valence-electron chi connectivity index (χ0n) is 25.2. The molecular weight excluding hydrogens is 496 g/mol. The lowest BCUT2D eigenvalue weighted by Crippen LogP contribution is -2.13. The van der Waals surface area contributed by atoms with Crippen LogP contribution in [-0.2, 0) is 0 Å². The molecule has 1 aliphatic rings. The normalized spacial score (nSPS) is 17.1. The Bertz CT molecular complexity index is 1320. The summed E-state index contributed by atoms with van der Waals surface area (Å²) in [5.74, 6) is 1.88. The number of hydrogen-bond acceptors (Lipinski definition) is 1. The summed E-state index contributed by atoms with van der Waals surface area (Å²) in [6.07, 6.45) is 11.4. The van der Waals surface area contributed by atoms with E-state index < -0.39 is 0 Å². The molecule has 1 heteroatoms. The molecule has 0 unspecified atom stereocenters. The molecule has 4 aromatic rings. The van der Waals surface area contributed by atoms with Gasteiger partial charge in [-0.1, -0.05) is 141 Å². The summed E-state index contributed by atoms with van der Waals surface area (Å²) in [7, 11) is 0. The van der Waals surface area contributed by atoms with Crippen LogP contribution in [0.15, 0.2) is 97.1 Å². The highest BCUT2D eigenvalue weighted by atomic mass is 16.1. The van der Waals surface area contributed by atoms with Crippen LogP contribution in [0.25, 0.3) is 11.1 Å². The molecule has 0 atom stereocenters. The summed E-state index contributed by atoms with van der Waals surface area (Å²) in [5, 5.41) is 0. The van der Waals surface area contributed by atoms with E-state index in [1.165, 1.54) is 90.3 Å². The molecule has 5 rings (SSSR count). The fraction of sp³-hybridized carbons (Fsp3) is 0.375. The molecule has 0 aromatic heterocycles. The average molecular weight is 543 g/mol. The second-order valence-electron chi connectivity index (χ2n) is 12.4. The molecule has 212 valence electrons. The maximum atomic E-state index is 13.5. The maximum Gasteiger partial charge on any atom is 0.163 e. The summed E-state index contributed by atoms with van der Waals surface area (Å²) in [5.41, 5.74) is 9.51. The molecule has 0 amide bonds. The van der Waals surface area contributed by atoms with Gasteiger partial charge in [0, 0.05) is 17.9 Å². The predicted octanol–water partition coefficient (Wildman–Crippen LogP) is 11.2. The number of ketones is 1. The third-order valence-corrected chi connectivity index (χ3v) is 9.33. The third kappa shape index (κ3) is 7.64. The molecule has 0 bridgehead atoms. The number of carbonyl (C=O) groups is 1. The fourth-order valence-corrected chi connectivity index (χ4v) is 6.59. The van der Waals surface area contributed by atoms with E-state index in [2.05, 4.69) is 106 Å². The Morgan fingerprint density at radius 2 is 1.17 bits per heavy atom. The molecule has 0 radical (unpaired) electrons. The van der Waals surface area contributed by atoms with Gasteiger partial charge in [-0.15, -0.1) is 0 Å². The van der Waals surface area contributed by atoms with Crippen molar-refractivity contribution in [2.24, 2.45) is 5.92 Å². The first-order valence-electron chi connectivity index (χ1n) is 15.9. The molecular formula is C40H46O. The van der Waals surface area contributed by atoms with Gasteiger partial charge >= 0.3 is 0 Å². The molecule has 0 spiro atoms. The Morgan fingerprint density at radius 3 is 1.68 bits per heavy atom. The first-order chi connectivity index (χ1) is 20.0. The van der Waals surface area contributed by atoms with Gasteiger partial charge in [0.05, 0.1) is 0 Å². The topological polar surface area (TPSA) is 17.1 Å². The summed E-state index contributed by atoms with van der Waals surface area (Å²) >= 11 is 0. The molecule has 1 aliphatic carbocycles. The maximum absolute atomic E-state index is 13.5. The van der Waals surface area contributed by atoms with Crippen molar-refractivity contribution in [2.75, 3.05) is 0 Å². The summed E-state index contributed by atoms with van der Waals surface area (Å²) in [6.45, 7) is 6.50. The summed E-state index contributed by atoms with van der Waals surface area (Å²) in [4.78, 5) is 13.5. The minimum atomic E-state index is 0.0438. The smallest absolute Gasteiger partial charge is 0.163 e. The molecule has 0 N–H and O–H groups in total. The van der Waals surface area contributed by atoms with E-state index in [4.69, 9.17) is 0 Å². The lowest BCUT2D eigenvalue weighted by atomic mass is 9.77. The zero-order valence-corrected chi connectivity index (χ0v) is 25.2. The van der Waals surface area contributed by atoms with Gasteiger partial charge < -0.3 is 0 Å². The first-order valence-corrected chi connectivity index (χ1v) is 15.9. The Balaban J connectivity index is 1.23. The van der Waals surface area contributed by atoms with Crippen molar-refractivity contribution in [3.05, 3.63) is 130 Å². The highest BCUT2D eigenvalue weighted by molar-refractivity contribution is 5.97. The quantitative estimate of drug-likeness (QED) is 0.136. The SMILES string of the molecule is CCCCCC1CCC(c2ccc(-c3ccc(C(=O)CC(c4ccc(C)cc4)c4ccc(C)cc4)cc3)cc2)CC1. The molecule has 4 aromatic carbocycles. The van der Waals surface area contributed by atoms with Crippen LogP contribution in [0.5, 0.6) is 0 Å². The molecule has 0 heterocycles. The minimum Gasteiger partial charge on any atom is -0.294 e. The van der Waals surface area contributed by atoms with E-state index in [1.807, 2.05) is 12.1 Å². The number of Topliss-reactive ketones (excluding diaryl/α,β-unsaturated/α-hetero) is 1. The molecule has 0 saturated heterocycles. The Hall–Kier alpha value is -3.45. The largest absolute Gasteiger partial charge is 0.294 e. The van der Waals surface area contributed by atoms with Gasteiger partial charge in [-0.25, -0.2) is 0 Å². The molecule has 1 saturated carbocycles. The Morgan fingerprint density at radius 1 is 0.659 bits per heavy atom.